The Labute approximate surface area is 140 Å². The van der Waals surface area contributed by atoms with Gasteiger partial charge in [0.15, 0.2) is 0 Å². The minimum atomic E-state index is -0.341. The van der Waals surface area contributed by atoms with Crippen LogP contribution in [-0.4, -0.2) is 11.0 Å². The molecule has 23 heavy (non-hydrogen) atoms. The highest BCUT2D eigenvalue weighted by molar-refractivity contribution is 7.80. The van der Waals surface area contributed by atoms with Crippen molar-refractivity contribution in [3.05, 3.63) is 77.9 Å². The van der Waals surface area contributed by atoms with Gasteiger partial charge in [-0.2, -0.15) is 0 Å². The molecule has 0 fully saturated rings. The molecule has 0 atom stereocenters. The van der Waals surface area contributed by atoms with Gasteiger partial charge in [-0.3, -0.25) is 5.32 Å². The Hall–Kier alpha value is -2.72. The maximum Gasteiger partial charge on any atom is 0.324 e. The summed E-state index contributed by atoms with van der Waals surface area (Å²) in [6, 6.07) is 21.1. The first kappa shape index (κ1) is 15.2. The topological polar surface area (TPSA) is 41.1 Å². The molecule has 0 aliphatic carbocycles. The van der Waals surface area contributed by atoms with Crippen molar-refractivity contribution >= 4 is 39.7 Å². The van der Waals surface area contributed by atoms with Crippen molar-refractivity contribution in [3.8, 4) is 0 Å². The van der Waals surface area contributed by atoms with Crippen LogP contribution in [0.5, 0.6) is 0 Å². The van der Waals surface area contributed by atoms with Crippen LogP contribution in [0.25, 0.3) is 10.8 Å². The highest BCUT2D eigenvalue weighted by Crippen LogP contribution is 2.18. The lowest BCUT2D eigenvalue weighted by Gasteiger charge is -2.11. The Morgan fingerprint density at radius 1 is 0.913 bits per heavy atom. The zero-order valence-electron chi connectivity index (χ0n) is 12.7. The van der Waals surface area contributed by atoms with Crippen molar-refractivity contribution in [2.45, 2.75) is 6.92 Å². The van der Waals surface area contributed by atoms with Gasteiger partial charge in [-0.05, 0) is 29.8 Å². The first-order chi connectivity index (χ1) is 11.1. The predicted octanol–water partition coefficient (Wildman–Crippen LogP) is 4.65. The van der Waals surface area contributed by atoms with Crippen LogP contribution in [0.2, 0.25) is 0 Å². The van der Waals surface area contributed by atoms with Crippen molar-refractivity contribution < 1.29 is 4.79 Å². The van der Waals surface area contributed by atoms with E-state index in [0.29, 0.717) is 4.99 Å². The van der Waals surface area contributed by atoms with Crippen LogP contribution in [0.4, 0.5) is 10.5 Å². The van der Waals surface area contributed by atoms with E-state index in [2.05, 4.69) is 10.6 Å². The Bertz CT molecular complexity index is 867. The molecule has 4 heteroatoms. The summed E-state index contributed by atoms with van der Waals surface area (Å²) in [7, 11) is 0. The van der Waals surface area contributed by atoms with Gasteiger partial charge in [0.1, 0.15) is 4.99 Å². The highest BCUT2D eigenvalue weighted by Gasteiger charge is 2.09. The average Bonchev–Trinajstić information content (AvgIpc) is 2.56. The number of rotatable bonds is 2. The van der Waals surface area contributed by atoms with Crippen LogP contribution in [0.1, 0.15) is 11.1 Å². The fourth-order valence-corrected chi connectivity index (χ4v) is 2.66. The third kappa shape index (κ3) is 3.55. The van der Waals surface area contributed by atoms with Gasteiger partial charge in [-0.1, -0.05) is 72.4 Å². The highest BCUT2D eigenvalue weighted by atomic mass is 32.1. The number of hydrogen-bond acceptors (Lipinski definition) is 2. The van der Waals surface area contributed by atoms with Gasteiger partial charge in [-0.25, -0.2) is 4.79 Å². The van der Waals surface area contributed by atoms with Crippen molar-refractivity contribution in [3.63, 3.8) is 0 Å². The molecule has 2 N–H and O–H groups in total. The number of amides is 2. The molecule has 0 heterocycles. The molecule has 3 rings (SSSR count). The number of aryl methyl sites for hydroxylation is 1. The molecule has 3 aromatic carbocycles. The molecular formula is C19H16N2OS. The van der Waals surface area contributed by atoms with Gasteiger partial charge in [0.05, 0.1) is 0 Å². The van der Waals surface area contributed by atoms with Crippen LogP contribution >= 0.6 is 12.2 Å². The van der Waals surface area contributed by atoms with E-state index in [0.717, 1.165) is 27.6 Å². The van der Waals surface area contributed by atoms with E-state index in [-0.39, 0.29) is 6.03 Å². The second-order valence-electron chi connectivity index (χ2n) is 5.30. The summed E-state index contributed by atoms with van der Waals surface area (Å²) >= 11 is 5.39. The fourth-order valence-electron chi connectivity index (χ4n) is 2.39. The lowest BCUT2D eigenvalue weighted by atomic mass is 10.0. The van der Waals surface area contributed by atoms with Gasteiger partial charge in [-0.15, -0.1) is 0 Å². The lowest BCUT2D eigenvalue weighted by Crippen LogP contribution is -2.33. The molecule has 3 aromatic rings. The minimum absolute atomic E-state index is 0.341. The molecule has 0 bridgehead atoms. The van der Waals surface area contributed by atoms with Gasteiger partial charge < -0.3 is 5.32 Å². The first-order valence-electron chi connectivity index (χ1n) is 7.30. The van der Waals surface area contributed by atoms with Crippen molar-refractivity contribution in [2.24, 2.45) is 0 Å². The van der Waals surface area contributed by atoms with Gasteiger partial charge in [0.2, 0.25) is 0 Å². The summed E-state index contributed by atoms with van der Waals surface area (Å²) in [5.41, 5.74) is 2.72. The van der Waals surface area contributed by atoms with Crippen LogP contribution in [0.15, 0.2) is 66.7 Å². The molecule has 0 saturated carbocycles. The fraction of sp³-hybridized carbons (Fsp3) is 0.0526. The standard InChI is InChI=1S/C19H16N2OS/c1-13-9-11-15(12-10-13)20-19(22)21-18(23)17-8-4-6-14-5-2-3-7-16(14)17/h2-12H,1H3,(H2,20,21,22,23). The Morgan fingerprint density at radius 2 is 1.61 bits per heavy atom. The van der Waals surface area contributed by atoms with Gasteiger partial charge in [0, 0.05) is 11.3 Å². The second kappa shape index (κ2) is 6.58. The second-order valence-corrected chi connectivity index (χ2v) is 5.71. The molecule has 0 saturated heterocycles. The number of carbonyl (C=O) groups excluding carboxylic acids is 1. The largest absolute Gasteiger partial charge is 0.324 e. The minimum Gasteiger partial charge on any atom is -0.308 e. The van der Waals surface area contributed by atoms with Crippen LogP contribution in [0.3, 0.4) is 0 Å². The first-order valence-corrected chi connectivity index (χ1v) is 7.71. The number of urea groups is 1. The Balaban J connectivity index is 1.75. The lowest BCUT2D eigenvalue weighted by molar-refractivity contribution is 0.256. The molecule has 0 aromatic heterocycles. The third-order valence-corrected chi connectivity index (χ3v) is 3.89. The quantitative estimate of drug-likeness (QED) is 0.675. The van der Waals surface area contributed by atoms with E-state index in [4.69, 9.17) is 12.2 Å². The summed E-state index contributed by atoms with van der Waals surface area (Å²) in [5.74, 6) is 0. The smallest absolute Gasteiger partial charge is 0.308 e. The molecule has 2 amide bonds. The molecule has 114 valence electrons. The van der Waals surface area contributed by atoms with Crippen molar-refractivity contribution in [1.82, 2.24) is 5.32 Å². The zero-order chi connectivity index (χ0) is 16.2. The molecule has 0 unspecified atom stereocenters. The maximum atomic E-state index is 12.1. The van der Waals surface area contributed by atoms with Gasteiger partial charge >= 0.3 is 6.03 Å². The summed E-state index contributed by atoms with van der Waals surface area (Å²) < 4.78 is 0. The summed E-state index contributed by atoms with van der Waals surface area (Å²) in [6.07, 6.45) is 0. The zero-order valence-corrected chi connectivity index (χ0v) is 13.5. The number of fused-ring (bicyclic) bond motifs is 1. The average molecular weight is 320 g/mol. The molecule has 0 aliphatic rings. The number of nitrogens with one attached hydrogen (secondary N) is 2. The SMILES string of the molecule is Cc1ccc(NC(=O)NC(=S)c2cccc3ccccc23)cc1. The maximum absolute atomic E-state index is 12.1. The van der Waals surface area contributed by atoms with E-state index in [1.54, 1.807) is 0 Å². The van der Waals surface area contributed by atoms with E-state index in [1.165, 1.54) is 0 Å². The monoisotopic (exact) mass is 320 g/mol. The Kier molecular flexibility index (Phi) is 4.35. The number of anilines is 1. The molecule has 0 spiro atoms. The van der Waals surface area contributed by atoms with E-state index < -0.39 is 0 Å². The van der Waals surface area contributed by atoms with Crippen molar-refractivity contribution in [1.29, 1.82) is 0 Å². The summed E-state index contributed by atoms with van der Waals surface area (Å²) in [5, 5.41) is 7.63. The van der Waals surface area contributed by atoms with Crippen LogP contribution < -0.4 is 10.6 Å². The number of carbonyl (C=O) groups is 1. The van der Waals surface area contributed by atoms with Gasteiger partial charge in [0.25, 0.3) is 0 Å². The van der Waals surface area contributed by atoms with Crippen LogP contribution in [-0.2, 0) is 0 Å². The van der Waals surface area contributed by atoms with Crippen molar-refractivity contribution in [2.75, 3.05) is 5.32 Å². The molecule has 0 aliphatic heterocycles. The normalized spacial score (nSPS) is 10.3. The number of benzene rings is 3. The molecular weight excluding hydrogens is 304 g/mol. The third-order valence-electron chi connectivity index (χ3n) is 3.57. The Morgan fingerprint density at radius 3 is 2.39 bits per heavy atom. The van der Waals surface area contributed by atoms with Crippen LogP contribution in [0, 0.1) is 6.92 Å². The number of thiocarbonyl (C=S) groups is 1. The molecule has 0 radical (unpaired) electrons. The number of hydrogen-bond donors (Lipinski definition) is 2. The van der Waals surface area contributed by atoms with E-state index in [1.807, 2.05) is 73.7 Å². The van der Waals surface area contributed by atoms with E-state index in [9.17, 15) is 4.79 Å². The predicted molar refractivity (Wildman–Crippen MR) is 99.0 cm³/mol. The summed E-state index contributed by atoms with van der Waals surface area (Å²) in [6.45, 7) is 2.00. The van der Waals surface area contributed by atoms with E-state index >= 15 is 0 Å². The summed E-state index contributed by atoms with van der Waals surface area (Å²) in [4.78, 5) is 12.5. The molecule has 3 nitrogen and oxygen atoms in total.